The largest absolute Gasteiger partial charge is 0.335 e. The Kier molecular flexibility index (Phi) is 4.01. The molecule has 0 radical (unpaired) electrons. The summed E-state index contributed by atoms with van der Waals surface area (Å²) in [5, 5.41) is 0. The first-order valence-corrected chi connectivity index (χ1v) is 6.64. The quantitative estimate of drug-likeness (QED) is 0.873. The average Bonchev–Trinajstić information content (AvgIpc) is 2.77. The molecule has 0 spiro atoms. The van der Waals surface area contributed by atoms with Gasteiger partial charge in [-0.25, -0.2) is 4.98 Å². The molecule has 18 heavy (non-hydrogen) atoms. The monoisotopic (exact) mass is 250 g/mol. The SMILES string of the molecule is CC1CCN(C(=O)c2cn(CCN)cn2)C(C)C1. The minimum absolute atomic E-state index is 0.0465. The van der Waals surface area contributed by atoms with E-state index in [0.29, 0.717) is 30.7 Å². The predicted octanol–water partition coefficient (Wildman–Crippen LogP) is 1.10. The lowest BCUT2D eigenvalue weighted by Gasteiger charge is -2.36. The lowest BCUT2D eigenvalue weighted by atomic mass is 9.93. The third kappa shape index (κ3) is 2.72. The highest BCUT2D eigenvalue weighted by atomic mass is 16.2. The molecule has 1 amide bonds. The molecule has 2 N–H and O–H groups in total. The average molecular weight is 250 g/mol. The van der Waals surface area contributed by atoms with Gasteiger partial charge in [-0.2, -0.15) is 0 Å². The minimum atomic E-state index is 0.0465. The van der Waals surface area contributed by atoms with Gasteiger partial charge in [-0.3, -0.25) is 4.79 Å². The predicted molar refractivity (Wildman–Crippen MR) is 70.2 cm³/mol. The van der Waals surface area contributed by atoms with E-state index in [1.54, 1.807) is 12.5 Å². The number of aromatic nitrogens is 2. The van der Waals surface area contributed by atoms with Crippen LogP contribution in [0.3, 0.4) is 0 Å². The number of nitrogens with two attached hydrogens (primary N) is 1. The molecule has 0 bridgehead atoms. The van der Waals surface area contributed by atoms with Crippen LogP contribution in [0.2, 0.25) is 0 Å². The minimum Gasteiger partial charge on any atom is -0.335 e. The summed E-state index contributed by atoms with van der Waals surface area (Å²) in [7, 11) is 0. The highest BCUT2D eigenvalue weighted by Crippen LogP contribution is 2.23. The Labute approximate surface area is 108 Å². The van der Waals surface area contributed by atoms with Crippen LogP contribution in [0.1, 0.15) is 37.2 Å². The lowest BCUT2D eigenvalue weighted by Crippen LogP contribution is -2.44. The van der Waals surface area contributed by atoms with Crippen LogP contribution in [-0.4, -0.2) is 39.5 Å². The fourth-order valence-electron chi connectivity index (χ4n) is 2.60. The Bertz CT molecular complexity index is 415. The van der Waals surface area contributed by atoms with Crippen LogP contribution >= 0.6 is 0 Å². The lowest BCUT2D eigenvalue weighted by molar-refractivity contribution is 0.0583. The molecule has 1 fully saturated rings. The molecule has 2 unspecified atom stereocenters. The molecule has 100 valence electrons. The van der Waals surface area contributed by atoms with E-state index >= 15 is 0 Å². The van der Waals surface area contributed by atoms with Crippen molar-refractivity contribution in [2.45, 2.75) is 39.3 Å². The number of piperidine rings is 1. The maximum atomic E-state index is 12.4. The zero-order valence-electron chi connectivity index (χ0n) is 11.2. The van der Waals surface area contributed by atoms with E-state index in [4.69, 9.17) is 5.73 Å². The second-order valence-corrected chi connectivity index (χ2v) is 5.26. The molecule has 0 aromatic carbocycles. The Morgan fingerprint density at radius 2 is 2.33 bits per heavy atom. The molecule has 2 atom stereocenters. The van der Waals surface area contributed by atoms with Crippen LogP contribution in [0.15, 0.2) is 12.5 Å². The molecule has 1 aliphatic heterocycles. The normalized spacial score (nSPS) is 24.3. The maximum absolute atomic E-state index is 12.4. The van der Waals surface area contributed by atoms with Crippen LogP contribution in [0.25, 0.3) is 0 Å². The second kappa shape index (κ2) is 5.52. The van der Waals surface area contributed by atoms with E-state index in [0.717, 1.165) is 19.4 Å². The van der Waals surface area contributed by atoms with Gasteiger partial charge in [-0.05, 0) is 25.7 Å². The van der Waals surface area contributed by atoms with Crippen LogP contribution in [0.5, 0.6) is 0 Å². The van der Waals surface area contributed by atoms with Crippen molar-refractivity contribution in [3.8, 4) is 0 Å². The first kappa shape index (κ1) is 13.1. The first-order chi connectivity index (χ1) is 8.61. The first-order valence-electron chi connectivity index (χ1n) is 6.64. The molecule has 2 heterocycles. The fraction of sp³-hybridized carbons (Fsp3) is 0.692. The number of likely N-dealkylation sites (tertiary alicyclic amines) is 1. The molecule has 5 heteroatoms. The van der Waals surface area contributed by atoms with E-state index in [9.17, 15) is 4.79 Å². The molecule has 1 aliphatic rings. The van der Waals surface area contributed by atoms with Crippen LogP contribution in [0.4, 0.5) is 0 Å². The molecular formula is C13H22N4O. The summed E-state index contributed by atoms with van der Waals surface area (Å²) < 4.78 is 1.87. The molecule has 2 rings (SSSR count). The smallest absolute Gasteiger partial charge is 0.274 e. The number of imidazole rings is 1. The van der Waals surface area contributed by atoms with Gasteiger partial charge in [0, 0.05) is 31.9 Å². The Hall–Kier alpha value is -1.36. The summed E-state index contributed by atoms with van der Waals surface area (Å²) in [6, 6.07) is 0.306. The molecule has 1 saturated heterocycles. The van der Waals surface area contributed by atoms with Crippen molar-refractivity contribution < 1.29 is 4.79 Å². The summed E-state index contributed by atoms with van der Waals surface area (Å²) in [5.41, 5.74) is 6.01. The Balaban J connectivity index is 2.05. The highest BCUT2D eigenvalue weighted by Gasteiger charge is 2.28. The Morgan fingerprint density at radius 3 is 3.00 bits per heavy atom. The number of carbonyl (C=O) groups is 1. The van der Waals surface area contributed by atoms with Gasteiger partial charge in [0.05, 0.1) is 6.33 Å². The number of hydrogen-bond acceptors (Lipinski definition) is 3. The van der Waals surface area contributed by atoms with Crippen LogP contribution in [-0.2, 0) is 6.54 Å². The molecule has 5 nitrogen and oxygen atoms in total. The van der Waals surface area contributed by atoms with Gasteiger partial charge >= 0.3 is 0 Å². The van der Waals surface area contributed by atoms with Crippen molar-refractivity contribution in [3.05, 3.63) is 18.2 Å². The zero-order chi connectivity index (χ0) is 13.1. The molecule has 0 saturated carbocycles. The maximum Gasteiger partial charge on any atom is 0.274 e. The van der Waals surface area contributed by atoms with Gasteiger partial charge in [-0.1, -0.05) is 6.92 Å². The zero-order valence-corrected chi connectivity index (χ0v) is 11.2. The van der Waals surface area contributed by atoms with Gasteiger partial charge in [0.15, 0.2) is 0 Å². The summed E-state index contributed by atoms with van der Waals surface area (Å²) in [6.45, 7) is 6.46. The molecule has 0 aliphatic carbocycles. The van der Waals surface area contributed by atoms with E-state index in [-0.39, 0.29) is 5.91 Å². The number of carbonyl (C=O) groups excluding carboxylic acids is 1. The molecular weight excluding hydrogens is 228 g/mol. The summed E-state index contributed by atoms with van der Waals surface area (Å²) in [6.07, 6.45) is 5.63. The third-order valence-corrected chi connectivity index (χ3v) is 3.64. The molecule has 1 aromatic heterocycles. The summed E-state index contributed by atoms with van der Waals surface area (Å²) >= 11 is 0. The van der Waals surface area contributed by atoms with Crippen LogP contribution < -0.4 is 5.73 Å². The summed E-state index contributed by atoms with van der Waals surface area (Å²) in [5.74, 6) is 0.754. The van der Waals surface area contributed by atoms with E-state index in [1.807, 2.05) is 9.47 Å². The Morgan fingerprint density at radius 1 is 1.56 bits per heavy atom. The fourth-order valence-corrected chi connectivity index (χ4v) is 2.60. The van der Waals surface area contributed by atoms with Gasteiger partial charge in [0.2, 0.25) is 0 Å². The van der Waals surface area contributed by atoms with Crippen LogP contribution in [0, 0.1) is 5.92 Å². The second-order valence-electron chi connectivity index (χ2n) is 5.26. The van der Waals surface area contributed by atoms with Crippen molar-refractivity contribution in [1.82, 2.24) is 14.5 Å². The van der Waals surface area contributed by atoms with E-state index < -0.39 is 0 Å². The standard InChI is InChI=1S/C13H22N4O/c1-10-3-5-17(11(2)7-10)13(18)12-8-16(6-4-14)9-15-12/h8-11H,3-7,14H2,1-2H3. The van der Waals surface area contributed by atoms with E-state index in [2.05, 4.69) is 18.8 Å². The van der Waals surface area contributed by atoms with Crippen molar-refractivity contribution in [2.24, 2.45) is 11.7 Å². The molecule has 1 aromatic rings. The van der Waals surface area contributed by atoms with E-state index in [1.165, 1.54) is 0 Å². The number of amides is 1. The summed E-state index contributed by atoms with van der Waals surface area (Å²) in [4.78, 5) is 18.5. The van der Waals surface area contributed by atoms with Crippen molar-refractivity contribution in [2.75, 3.05) is 13.1 Å². The van der Waals surface area contributed by atoms with Gasteiger partial charge in [0.25, 0.3) is 5.91 Å². The number of rotatable bonds is 3. The van der Waals surface area contributed by atoms with Crippen molar-refractivity contribution in [1.29, 1.82) is 0 Å². The third-order valence-electron chi connectivity index (χ3n) is 3.64. The van der Waals surface area contributed by atoms with Gasteiger partial charge < -0.3 is 15.2 Å². The van der Waals surface area contributed by atoms with Crippen molar-refractivity contribution >= 4 is 5.91 Å². The van der Waals surface area contributed by atoms with Gasteiger partial charge in [0.1, 0.15) is 5.69 Å². The topological polar surface area (TPSA) is 64.2 Å². The van der Waals surface area contributed by atoms with Crippen molar-refractivity contribution in [3.63, 3.8) is 0 Å². The number of nitrogens with zero attached hydrogens (tertiary/aromatic N) is 3. The number of hydrogen-bond donors (Lipinski definition) is 1. The highest BCUT2D eigenvalue weighted by molar-refractivity contribution is 5.92. The van der Waals surface area contributed by atoms with Gasteiger partial charge in [-0.15, -0.1) is 0 Å².